The predicted octanol–water partition coefficient (Wildman–Crippen LogP) is 2.11. The Hall–Kier alpha value is -1.42. The van der Waals surface area contributed by atoms with Crippen LogP contribution in [0.2, 0.25) is 5.02 Å². The van der Waals surface area contributed by atoms with Crippen molar-refractivity contribution in [2.24, 2.45) is 5.34 Å². The molecule has 0 saturated heterocycles. The van der Waals surface area contributed by atoms with Crippen molar-refractivity contribution in [2.75, 3.05) is 0 Å². The Kier molecular flexibility index (Phi) is 3.40. The Balaban J connectivity index is 2.59. The van der Waals surface area contributed by atoms with E-state index in [-0.39, 0.29) is 6.42 Å². The molecule has 4 nitrogen and oxygen atoms in total. The first-order chi connectivity index (χ1) is 6.22. The highest BCUT2D eigenvalue weighted by atomic mass is 35.5. The average molecular weight is 200 g/mol. The number of benzene rings is 1. The van der Waals surface area contributed by atoms with Gasteiger partial charge in [-0.1, -0.05) is 23.7 Å². The highest BCUT2D eigenvalue weighted by Crippen LogP contribution is 2.10. The van der Waals surface area contributed by atoms with E-state index in [0.717, 1.165) is 5.56 Å². The summed E-state index contributed by atoms with van der Waals surface area (Å²) in [6, 6.07) is 6.65. The largest absolute Gasteiger partial charge is 0.342 e. The van der Waals surface area contributed by atoms with Crippen molar-refractivity contribution in [3.8, 4) is 0 Å². The van der Waals surface area contributed by atoms with E-state index in [9.17, 15) is 9.70 Å². The Morgan fingerprint density at radius 3 is 2.54 bits per heavy atom. The molecule has 0 aliphatic heterocycles. The SMILES string of the molecule is O=NOC(=O)Cc1ccc(Cl)cc1. The van der Waals surface area contributed by atoms with Crippen LogP contribution >= 0.6 is 11.6 Å². The number of nitrogens with zero attached hydrogens (tertiary/aromatic N) is 1. The average Bonchev–Trinajstić information content (AvgIpc) is 2.09. The number of halogens is 1. The van der Waals surface area contributed by atoms with Gasteiger partial charge in [-0.3, -0.25) is 4.84 Å². The lowest BCUT2D eigenvalue weighted by molar-refractivity contribution is -0.143. The quantitative estimate of drug-likeness (QED) is 0.553. The van der Waals surface area contributed by atoms with Crippen LogP contribution in [0.15, 0.2) is 29.6 Å². The summed E-state index contributed by atoms with van der Waals surface area (Å²) in [5, 5.41) is 2.61. The summed E-state index contributed by atoms with van der Waals surface area (Å²) >= 11 is 5.62. The molecule has 5 heteroatoms. The molecule has 68 valence electrons. The Morgan fingerprint density at radius 1 is 1.38 bits per heavy atom. The van der Waals surface area contributed by atoms with Crippen LogP contribution in [0.1, 0.15) is 5.56 Å². The van der Waals surface area contributed by atoms with Crippen molar-refractivity contribution in [2.45, 2.75) is 6.42 Å². The number of hydrogen-bond donors (Lipinski definition) is 0. The molecule has 0 heterocycles. The predicted molar refractivity (Wildman–Crippen MR) is 47.0 cm³/mol. The standard InChI is InChI=1S/C8H6ClNO3/c9-7-3-1-6(2-4-7)5-8(11)13-10-12/h1-4H,5H2. The molecule has 0 bridgehead atoms. The summed E-state index contributed by atoms with van der Waals surface area (Å²) in [6.07, 6.45) is 0.0168. The van der Waals surface area contributed by atoms with Crippen molar-refractivity contribution >= 4 is 17.6 Å². The van der Waals surface area contributed by atoms with Gasteiger partial charge in [0.05, 0.1) is 6.42 Å². The Morgan fingerprint density at radius 2 is 2.00 bits per heavy atom. The summed E-state index contributed by atoms with van der Waals surface area (Å²) in [4.78, 5) is 24.2. The fraction of sp³-hybridized carbons (Fsp3) is 0.125. The second-order valence-electron chi connectivity index (χ2n) is 2.34. The topological polar surface area (TPSA) is 55.7 Å². The zero-order valence-corrected chi connectivity index (χ0v) is 7.32. The molecule has 1 aromatic rings. The fourth-order valence-corrected chi connectivity index (χ4v) is 0.969. The monoisotopic (exact) mass is 199 g/mol. The zero-order chi connectivity index (χ0) is 9.68. The van der Waals surface area contributed by atoms with Crippen LogP contribution in [0.4, 0.5) is 0 Å². The Bertz CT molecular complexity index is 310. The molecular formula is C8H6ClNO3. The van der Waals surface area contributed by atoms with Crippen molar-refractivity contribution in [3.05, 3.63) is 39.8 Å². The van der Waals surface area contributed by atoms with Crippen molar-refractivity contribution < 1.29 is 9.63 Å². The molecular weight excluding hydrogens is 194 g/mol. The highest BCUT2D eigenvalue weighted by molar-refractivity contribution is 6.30. The van der Waals surface area contributed by atoms with Crippen molar-refractivity contribution in [3.63, 3.8) is 0 Å². The zero-order valence-electron chi connectivity index (χ0n) is 6.57. The lowest BCUT2D eigenvalue weighted by Crippen LogP contribution is -2.03. The van der Waals surface area contributed by atoms with Gasteiger partial charge >= 0.3 is 5.97 Å². The molecule has 0 aromatic heterocycles. The number of hydrogen-bond acceptors (Lipinski definition) is 4. The van der Waals surface area contributed by atoms with Crippen LogP contribution in [0, 0.1) is 4.91 Å². The second kappa shape index (κ2) is 4.57. The fourth-order valence-electron chi connectivity index (χ4n) is 0.843. The smallest absolute Gasteiger partial charge is 0.284 e. The van der Waals surface area contributed by atoms with Crippen LogP contribution < -0.4 is 0 Å². The van der Waals surface area contributed by atoms with Crippen molar-refractivity contribution in [1.29, 1.82) is 0 Å². The minimum Gasteiger partial charge on any atom is -0.284 e. The van der Waals surface area contributed by atoms with Gasteiger partial charge in [0.25, 0.3) is 0 Å². The summed E-state index contributed by atoms with van der Waals surface area (Å²) in [5.74, 6) is -0.683. The molecule has 0 unspecified atom stereocenters. The van der Waals surface area contributed by atoms with E-state index in [0.29, 0.717) is 5.02 Å². The maximum Gasteiger partial charge on any atom is 0.342 e. The van der Waals surface area contributed by atoms with Gasteiger partial charge in [0.15, 0.2) is 5.34 Å². The molecule has 1 aromatic carbocycles. The van der Waals surface area contributed by atoms with Gasteiger partial charge in [0, 0.05) is 5.02 Å². The van der Waals surface area contributed by atoms with E-state index >= 15 is 0 Å². The van der Waals surface area contributed by atoms with Gasteiger partial charge < -0.3 is 0 Å². The van der Waals surface area contributed by atoms with Crippen LogP contribution in [0.5, 0.6) is 0 Å². The van der Waals surface area contributed by atoms with Gasteiger partial charge in [-0.25, -0.2) is 4.79 Å². The van der Waals surface area contributed by atoms with Gasteiger partial charge in [-0.2, -0.15) is 0 Å². The maximum atomic E-state index is 10.7. The normalized spacial score (nSPS) is 9.31. The van der Waals surface area contributed by atoms with Crippen LogP contribution in [-0.4, -0.2) is 5.97 Å². The van der Waals surface area contributed by atoms with Crippen LogP contribution in [0.3, 0.4) is 0 Å². The summed E-state index contributed by atoms with van der Waals surface area (Å²) in [7, 11) is 0. The molecule has 1 rings (SSSR count). The lowest BCUT2D eigenvalue weighted by atomic mass is 10.2. The molecule has 0 aliphatic carbocycles. The molecule has 0 aliphatic rings. The summed E-state index contributed by atoms with van der Waals surface area (Å²) in [6.45, 7) is 0. The van der Waals surface area contributed by atoms with E-state index < -0.39 is 5.97 Å². The summed E-state index contributed by atoms with van der Waals surface area (Å²) < 4.78 is 0. The second-order valence-corrected chi connectivity index (χ2v) is 2.78. The first-order valence-corrected chi connectivity index (χ1v) is 3.87. The van der Waals surface area contributed by atoms with Crippen LogP contribution in [-0.2, 0) is 16.1 Å². The molecule has 0 fully saturated rings. The van der Waals surface area contributed by atoms with E-state index in [2.05, 4.69) is 4.84 Å². The molecule has 0 radical (unpaired) electrons. The third kappa shape index (κ3) is 3.21. The number of carbonyl (C=O) groups is 1. The number of rotatable bonds is 3. The Labute approximate surface area is 79.4 Å². The number of carbonyl (C=O) groups excluding carboxylic acids is 1. The van der Waals surface area contributed by atoms with E-state index in [1.54, 1.807) is 24.3 Å². The molecule has 0 spiro atoms. The molecule has 0 amide bonds. The van der Waals surface area contributed by atoms with Crippen LogP contribution in [0.25, 0.3) is 0 Å². The molecule has 0 saturated carbocycles. The molecule has 13 heavy (non-hydrogen) atoms. The first-order valence-electron chi connectivity index (χ1n) is 3.49. The molecule has 0 atom stereocenters. The minimum atomic E-state index is -0.683. The molecule has 0 N–H and O–H groups in total. The van der Waals surface area contributed by atoms with Gasteiger partial charge in [0.1, 0.15) is 0 Å². The minimum absolute atomic E-state index is 0.0168. The van der Waals surface area contributed by atoms with Gasteiger partial charge in [-0.05, 0) is 17.7 Å². The van der Waals surface area contributed by atoms with E-state index in [1.165, 1.54) is 0 Å². The third-order valence-electron chi connectivity index (χ3n) is 1.40. The third-order valence-corrected chi connectivity index (χ3v) is 1.65. The van der Waals surface area contributed by atoms with Gasteiger partial charge in [-0.15, -0.1) is 4.91 Å². The van der Waals surface area contributed by atoms with E-state index in [1.807, 2.05) is 5.34 Å². The highest BCUT2D eigenvalue weighted by Gasteiger charge is 2.04. The van der Waals surface area contributed by atoms with Gasteiger partial charge in [0.2, 0.25) is 0 Å². The van der Waals surface area contributed by atoms with E-state index in [4.69, 9.17) is 11.6 Å². The summed E-state index contributed by atoms with van der Waals surface area (Å²) in [5.41, 5.74) is 0.720. The maximum absolute atomic E-state index is 10.7. The first kappa shape index (κ1) is 9.67. The lowest BCUT2D eigenvalue weighted by Gasteiger charge is -1.96. The van der Waals surface area contributed by atoms with Crippen molar-refractivity contribution in [1.82, 2.24) is 0 Å².